The van der Waals surface area contributed by atoms with Crippen molar-refractivity contribution in [1.82, 2.24) is 14.9 Å². The van der Waals surface area contributed by atoms with E-state index < -0.39 is 0 Å². The second-order valence-corrected chi connectivity index (χ2v) is 7.45. The largest absolute Gasteiger partial charge is 0.472 e. The van der Waals surface area contributed by atoms with Gasteiger partial charge in [0.1, 0.15) is 11.9 Å². The summed E-state index contributed by atoms with van der Waals surface area (Å²) in [5.41, 5.74) is 0.912. The molecule has 128 valence electrons. The number of nitrogens with zero attached hydrogens (tertiary/aromatic N) is 3. The van der Waals surface area contributed by atoms with Crippen molar-refractivity contribution >= 4 is 5.91 Å². The summed E-state index contributed by atoms with van der Waals surface area (Å²) in [4.78, 5) is 23.6. The number of aromatic nitrogens is 2. The van der Waals surface area contributed by atoms with E-state index in [0.29, 0.717) is 30.2 Å². The van der Waals surface area contributed by atoms with Gasteiger partial charge in [-0.2, -0.15) is 4.98 Å². The van der Waals surface area contributed by atoms with Crippen LogP contribution in [0.2, 0.25) is 0 Å². The quantitative estimate of drug-likeness (QED) is 0.801. The number of allylic oxidation sites excluding steroid dienone is 2. The molecule has 1 aliphatic heterocycles. The summed E-state index contributed by atoms with van der Waals surface area (Å²) >= 11 is 0. The molecule has 1 aromatic rings. The van der Waals surface area contributed by atoms with Crippen LogP contribution in [0, 0.1) is 31.6 Å². The van der Waals surface area contributed by atoms with Crippen LogP contribution in [0.4, 0.5) is 0 Å². The number of amides is 1. The summed E-state index contributed by atoms with van der Waals surface area (Å²) in [5, 5.41) is 0. The Kier molecular flexibility index (Phi) is 4.02. The van der Waals surface area contributed by atoms with Crippen molar-refractivity contribution < 1.29 is 9.53 Å². The van der Waals surface area contributed by atoms with Crippen LogP contribution in [0.3, 0.4) is 0 Å². The van der Waals surface area contributed by atoms with Gasteiger partial charge in [0.2, 0.25) is 11.8 Å². The molecule has 4 rings (SSSR count). The fraction of sp³-hybridized carbons (Fsp3) is 0.632. The smallest absolute Gasteiger partial charge is 0.226 e. The lowest BCUT2D eigenvalue weighted by Gasteiger charge is -2.35. The Hall–Kier alpha value is -1.91. The van der Waals surface area contributed by atoms with Gasteiger partial charge in [-0.3, -0.25) is 4.79 Å². The second-order valence-electron chi connectivity index (χ2n) is 7.45. The van der Waals surface area contributed by atoms with Crippen LogP contribution < -0.4 is 4.74 Å². The highest BCUT2D eigenvalue weighted by Gasteiger charge is 2.42. The number of likely N-dealkylation sites (tertiary alicyclic amines) is 1. The molecule has 1 saturated carbocycles. The number of hydrogen-bond acceptors (Lipinski definition) is 4. The van der Waals surface area contributed by atoms with Gasteiger partial charge in [0.05, 0.1) is 6.54 Å². The number of piperidine rings is 1. The van der Waals surface area contributed by atoms with Crippen LogP contribution in [-0.4, -0.2) is 40.0 Å². The first-order valence-electron chi connectivity index (χ1n) is 9.04. The zero-order chi connectivity index (χ0) is 16.7. The first-order chi connectivity index (χ1) is 11.6. The summed E-state index contributed by atoms with van der Waals surface area (Å²) in [7, 11) is 0. The zero-order valence-electron chi connectivity index (χ0n) is 14.4. The second kappa shape index (κ2) is 6.19. The van der Waals surface area contributed by atoms with Crippen LogP contribution in [0.15, 0.2) is 18.2 Å². The van der Waals surface area contributed by atoms with E-state index in [0.717, 1.165) is 37.3 Å². The van der Waals surface area contributed by atoms with E-state index in [-0.39, 0.29) is 12.0 Å². The minimum absolute atomic E-state index is 0.0329. The Balaban J connectivity index is 1.40. The normalized spacial score (nSPS) is 31.5. The molecule has 0 aromatic carbocycles. The van der Waals surface area contributed by atoms with Crippen molar-refractivity contribution in [3.8, 4) is 5.88 Å². The summed E-state index contributed by atoms with van der Waals surface area (Å²) in [6.07, 6.45) is 8.75. The maximum absolute atomic E-state index is 12.9. The molecule has 2 bridgehead atoms. The SMILES string of the molecule is Cc1cc(OC2CCCN(C(=O)C3CC4C=CC3C4)C2)nc(C)n1. The molecule has 2 heterocycles. The molecule has 4 atom stereocenters. The van der Waals surface area contributed by atoms with Gasteiger partial charge in [0.25, 0.3) is 0 Å². The fourth-order valence-electron chi connectivity index (χ4n) is 4.45. The number of carbonyl (C=O) groups excluding carboxylic acids is 1. The first kappa shape index (κ1) is 15.6. The summed E-state index contributed by atoms with van der Waals surface area (Å²) in [6.45, 7) is 5.36. The van der Waals surface area contributed by atoms with E-state index >= 15 is 0 Å². The van der Waals surface area contributed by atoms with Crippen LogP contribution in [0.1, 0.15) is 37.2 Å². The molecule has 0 radical (unpaired) electrons. The fourth-order valence-corrected chi connectivity index (χ4v) is 4.45. The number of aryl methyl sites for hydroxylation is 2. The molecule has 5 heteroatoms. The number of rotatable bonds is 3. The maximum atomic E-state index is 12.9. The van der Waals surface area contributed by atoms with Crippen molar-refractivity contribution in [3.63, 3.8) is 0 Å². The lowest BCUT2D eigenvalue weighted by Crippen LogP contribution is -2.47. The Bertz CT molecular complexity index is 652. The van der Waals surface area contributed by atoms with Gasteiger partial charge in [0, 0.05) is 24.2 Å². The molecular formula is C19H25N3O2. The molecule has 2 fully saturated rings. The molecule has 2 aliphatic carbocycles. The lowest BCUT2D eigenvalue weighted by molar-refractivity contribution is -0.139. The van der Waals surface area contributed by atoms with E-state index in [2.05, 4.69) is 22.1 Å². The Morgan fingerprint density at radius 1 is 1.25 bits per heavy atom. The molecule has 4 unspecified atom stereocenters. The Morgan fingerprint density at radius 2 is 2.12 bits per heavy atom. The topological polar surface area (TPSA) is 55.3 Å². The van der Waals surface area contributed by atoms with Gasteiger partial charge in [-0.05, 0) is 51.4 Å². The highest BCUT2D eigenvalue weighted by Crippen LogP contribution is 2.44. The minimum Gasteiger partial charge on any atom is -0.472 e. The van der Waals surface area contributed by atoms with Crippen LogP contribution >= 0.6 is 0 Å². The number of fused-ring (bicyclic) bond motifs is 2. The summed E-state index contributed by atoms with van der Waals surface area (Å²) in [6, 6.07) is 1.87. The summed E-state index contributed by atoms with van der Waals surface area (Å²) < 4.78 is 6.06. The van der Waals surface area contributed by atoms with E-state index in [4.69, 9.17) is 4.74 Å². The van der Waals surface area contributed by atoms with Crippen LogP contribution in [0.5, 0.6) is 5.88 Å². The third kappa shape index (κ3) is 3.04. The molecule has 3 aliphatic rings. The van der Waals surface area contributed by atoms with Gasteiger partial charge in [0.15, 0.2) is 0 Å². The van der Waals surface area contributed by atoms with Crippen LogP contribution in [-0.2, 0) is 4.79 Å². The number of ether oxygens (including phenoxy) is 1. The van der Waals surface area contributed by atoms with E-state index in [1.807, 2.05) is 24.8 Å². The molecule has 1 amide bonds. The van der Waals surface area contributed by atoms with Crippen molar-refractivity contribution in [2.75, 3.05) is 13.1 Å². The molecule has 0 spiro atoms. The molecule has 1 aromatic heterocycles. The zero-order valence-corrected chi connectivity index (χ0v) is 14.4. The molecule has 5 nitrogen and oxygen atoms in total. The third-order valence-corrected chi connectivity index (χ3v) is 5.52. The van der Waals surface area contributed by atoms with Gasteiger partial charge in [-0.15, -0.1) is 0 Å². The number of hydrogen-bond donors (Lipinski definition) is 0. The van der Waals surface area contributed by atoms with E-state index in [1.54, 1.807) is 0 Å². The van der Waals surface area contributed by atoms with E-state index in [9.17, 15) is 4.79 Å². The Labute approximate surface area is 143 Å². The van der Waals surface area contributed by atoms with Crippen molar-refractivity contribution in [2.24, 2.45) is 17.8 Å². The highest BCUT2D eigenvalue weighted by molar-refractivity contribution is 5.80. The van der Waals surface area contributed by atoms with Gasteiger partial charge < -0.3 is 9.64 Å². The minimum atomic E-state index is 0.0329. The van der Waals surface area contributed by atoms with Crippen molar-refractivity contribution in [3.05, 3.63) is 29.7 Å². The average Bonchev–Trinajstić information content (AvgIpc) is 3.16. The first-order valence-corrected chi connectivity index (χ1v) is 9.04. The summed E-state index contributed by atoms with van der Waals surface area (Å²) in [5.74, 6) is 2.98. The standard InChI is InChI=1S/C19H25N3O2/c1-12-8-18(21-13(2)20-12)24-16-4-3-7-22(11-16)19(23)17-10-14-5-6-15(17)9-14/h5-6,8,14-17H,3-4,7,9-11H2,1-2H3. The molecule has 1 saturated heterocycles. The highest BCUT2D eigenvalue weighted by atomic mass is 16.5. The predicted molar refractivity (Wildman–Crippen MR) is 90.6 cm³/mol. The van der Waals surface area contributed by atoms with E-state index in [1.165, 1.54) is 6.42 Å². The van der Waals surface area contributed by atoms with Gasteiger partial charge in [-0.25, -0.2) is 4.98 Å². The maximum Gasteiger partial charge on any atom is 0.226 e. The van der Waals surface area contributed by atoms with Crippen molar-refractivity contribution in [1.29, 1.82) is 0 Å². The molecule has 0 N–H and O–H groups in total. The van der Waals surface area contributed by atoms with Gasteiger partial charge in [-0.1, -0.05) is 12.2 Å². The number of carbonyl (C=O) groups is 1. The molecular weight excluding hydrogens is 302 g/mol. The van der Waals surface area contributed by atoms with Gasteiger partial charge >= 0.3 is 0 Å². The van der Waals surface area contributed by atoms with Crippen molar-refractivity contribution in [2.45, 2.75) is 45.6 Å². The third-order valence-electron chi connectivity index (χ3n) is 5.52. The van der Waals surface area contributed by atoms with Crippen LogP contribution in [0.25, 0.3) is 0 Å². The average molecular weight is 327 g/mol. The Morgan fingerprint density at radius 3 is 2.83 bits per heavy atom. The predicted octanol–water partition coefficient (Wildman–Crippen LogP) is 2.68. The lowest BCUT2D eigenvalue weighted by atomic mass is 9.91. The monoisotopic (exact) mass is 327 g/mol. The molecule has 24 heavy (non-hydrogen) atoms.